The van der Waals surface area contributed by atoms with Gasteiger partial charge in [0.15, 0.2) is 11.5 Å². The SMILES string of the molecule is N#C/C(N=Cc1ccc(C#N)cc1)=C1\NC(=O)N(Cc2ccccc2)C1=N. The molecule has 0 aromatic heterocycles. The van der Waals surface area contributed by atoms with Crippen LogP contribution in [0.2, 0.25) is 0 Å². The summed E-state index contributed by atoms with van der Waals surface area (Å²) in [6, 6.07) is 19.4. The van der Waals surface area contributed by atoms with Gasteiger partial charge in [0.2, 0.25) is 0 Å². The number of benzene rings is 2. The third-order valence-electron chi connectivity index (χ3n) is 3.89. The molecule has 2 aromatic carbocycles. The second-order valence-corrected chi connectivity index (χ2v) is 5.68. The maximum atomic E-state index is 12.2. The Morgan fingerprint density at radius 3 is 2.48 bits per heavy atom. The fourth-order valence-electron chi connectivity index (χ4n) is 2.49. The summed E-state index contributed by atoms with van der Waals surface area (Å²) in [4.78, 5) is 17.6. The standard InChI is InChI=1S/C20H14N6O/c21-10-14-6-8-15(9-7-14)12-24-17(11-22)18-19(23)26(20(27)25-18)13-16-4-2-1-3-5-16/h1-9,12,23H,13H2,(H,25,27)/b18-17+,23-19?,24-12?. The number of carbonyl (C=O) groups is 1. The predicted octanol–water partition coefficient (Wildman–Crippen LogP) is 2.92. The number of nitrogens with zero attached hydrogens (tertiary/aromatic N) is 4. The zero-order chi connectivity index (χ0) is 19.2. The molecule has 27 heavy (non-hydrogen) atoms. The van der Waals surface area contributed by atoms with Crippen molar-refractivity contribution in [2.75, 3.05) is 0 Å². The van der Waals surface area contributed by atoms with Crippen molar-refractivity contribution < 1.29 is 4.79 Å². The molecule has 1 heterocycles. The van der Waals surface area contributed by atoms with Crippen LogP contribution in [0.3, 0.4) is 0 Å². The second-order valence-electron chi connectivity index (χ2n) is 5.68. The average Bonchev–Trinajstić information content (AvgIpc) is 2.98. The molecule has 2 N–H and O–H groups in total. The molecule has 0 bridgehead atoms. The molecular formula is C20H14N6O. The first kappa shape index (κ1) is 17.6. The molecule has 0 radical (unpaired) electrons. The summed E-state index contributed by atoms with van der Waals surface area (Å²) < 4.78 is 0. The molecule has 130 valence electrons. The number of urea groups is 1. The maximum absolute atomic E-state index is 12.2. The fraction of sp³-hybridized carbons (Fsp3) is 0.0500. The number of aliphatic imine (C=N–C) groups is 1. The van der Waals surface area contributed by atoms with Crippen LogP contribution in [0.4, 0.5) is 4.79 Å². The van der Waals surface area contributed by atoms with E-state index in [0.717, 1.165) is 5.56 Å². The van der Waals surface area contributed by atoms with Gasteiger partial charge in [-0.05, 0) is 23.3 Å². The van der Waals surface area contributed by atoms with E-state index < -0.39 is 6.03 Å². The summed E-state index contributed by atoms with van der Waals surface area (Å²) in [5.41, 5.74) is 2.10. The largest absolute Gasteiger partial charge is 0.328 e. The first-order chi connectivity index (χ1) is 13.1. The Kier molecular flexibility index (Phi) is 5.06. The number of nitrogens with one attached hydrogen (secondary N) is 2. The van der Waals surface area contributed by atoms with Crippen LogP contribution in [0, 0.1) is 28.1 Å². The van der Waals surface area contributed by atoms with E-state index in [0.29, 0.717) is 11.1 Å². The van der Waals surface area contributed by atoms with E-state index in [-0.39, 0.29) is 23.8 Å². The Balaban J connectivity index is 1.83. The summed E-state index contributed by atoms with van der Waals surface area (Å²) in [5, 5.41) is 29.0. The van der Waals surface area contributed by atoms with Gasteiger partial charge in [0, 0.05) is 6.21 Å². The molecular weight excluding hydrogens is 340 g/mol. The Morgan fingerprint density at radius 2 is 1.85 bits per heavy atom. The van der Waals surface area contributed by atoms with Gasteiger partial charge in [-0.2, -0.15) is 10.5 Å². The van der Waals surface area contributed by atoms with E-state index in [4.69, 9.17) is 10.7 Å². The first-order valence-corrected chi connectivity index (χ1v) is 8.02. The molecule has 1 aliphatic rings. The number of hydrogen-bond donors (Lipinski definition) is 2. The van der Waals surface area contributed by atoms with Gasteiger partial charge in [-0.1, -0.05) is 42.5 Å². The quantitative estimate of drug-likeness (QED) is 0.649. The van der Waals surface area contributed by atoms with E-state index in [9.17, 15) is 10.1 Å². The highest BCUT2D eigenvalue weighted by Gasteiger charge is 2.32. The highest BCUT2D eigenvalue weighted by molar-refractivity contribution is 6.13. The van der Waals surface area contributed by atoms with Gasteiger partial charge in [0.1, 0.15) is 11.8 Å². The second kappa shape index (κ2) is 7.77. The van der Waals surface area contributed by atoms with Gasteiger partial charge in [0.25, 0.3) is 0 Å². The normalized spacial score (nSPS) is 15.4. The van der Waals surface area contributed by atoms with E-state index in [1.807, 2.05) is 42.5 Å². The van der Waals surface area contributed by atoms with Crippen LogP contribution in [-0.4, -0.2) is 23.0 Å². The molecule has 2 aromatic rings. The van der Waals surface area contributed by atoms with E-state index >= 15 is 0 Å². The maximum Gasteiger partial charge on any atom is 0.328 e. The minimum absolute atomic E-state index is 0.0618. The van der Waals surface area contributed by atoms with Crippen molar-refractivity contribution >= 4 is 18.1 Å². The van der Waals surface area contributed by atoms with Gasteiger partial charge in [-0.25, -0.2) is 9.79 Å². The zero-order valence-corrected chi connectivity index (χ0v) is 14.2. The highest BCUT2D eigenvalue weighted by Crippen LogP contribution is 2.18. The number of hydrogen-bond acceptors (Lipinski definition) is 5. The number of amides is 2. The topological polar surface area (TPSA) is 116 Å². The Labute approximate surface area is 156 Å². The third kappa shape index (κ3) is 3.89. The van der Waals surface area contributed by atoms with Crippen molar-refractivity contribution in [3.63, 3.8) is 0 Å². The van der Waals surface area contributed by atoms with Crippen molar-refractivity contribution in [2.45, 2.75) is 6.54 Å². The van der Waals surface area contributed by atoms with Crippen molar-refractivity contribution in [3.05, 3.63) is 82.7 Å². The lowest BCUT2D eigenvalue weighted by atomic mass is 10.2. The van der Waals surface area contributed by atoms with Crippen LogP contribution in [0.15, 0.2) is 71.0 Å². The summed E-state index contributed by atoms with van der Waals surface area (Å²) in [6.07, 6.45) is 1.45. The van der Waals surface area contributed by atoms with Crippen molar-refractivity contribution in [1.82, 2.24) is 10.2 Å². The Hall–Kier alpha value is -4.23. The number of amidine groups is 1. The van der Waals surface area contributed by atoms with Gasteiger partial charge in [-0.15, -0.1) is 0 Å². The molecule has 1 fully saturated rings. The Bertz CT molecular complexity index is 1020. The van der Waals surface area contributed by atoms with Gasteiger partial charge in [-0.3, -0.25) is 10.3 Å². The number of nitriles is 2. The molecule has 1 aliphatic heterocycles. The molecule has 7 heteroatoms. The van der Waals surface area contributed by atoms with E-state index in [1.54, 1.807) is 24.3 Å². The van der Waals surface area contributed by atoms with Crippen molar-refractivity contribution in [2.24, 2.45) is 4.99 Å². The van der Waals surface area contributed by atoms with Crippen LogP contribution in [0.25, 0.3) is 0 Å². The van der Waals surface area contributed by atoms with E-state index in [2.05, 4.69) is 10.3 Å². The van der Waals surface area contributed by atoms with Gasteiger partial charge < -0.3 is 5.32 Å². The minimum Gasteiger partial charge on any atom is -0.302 e. The summed E-state index contributed by atoms with van der Waals surface area (Å²) in [5.74, 6) is -0.0996. The molecule has 1 saturated heterocycles. The van der Waals surface area contributed by atoms with Crippen LogP contribution in [0.1, 0.15) is 16.7 Å². The molecule has 0 aliphatic carbocycles. The summed E-state index contributed by atoms with van der Waals surface area (Å²) in [6.45, 7) is 0.229. The minimum atomic E-state index is -0.472. The fourth-order valence-corrected chi connectivity index (χ4v) is 2.49. The third-order valence-corrected chi connectivity index (χ3v) is 3.89. The lowest BCUT2D eigenvalue weighted by Crippen LogP contribution is -2.29. The van der Waals surface area contributed by atoms with Gasteiger partial charge in [0.05, 0.1) is 18.2 Å². The number of rotatable bonds is 4. The van der Waals surface area contributed by atoms with Crippen LogP contribution in [-0.2, 0) is 6.54 Å². The Morgan fingerprint density at radius 1 is 1.15 bits per heavy atom. The predicted molar refractivity (Wildman–Crippen MR) is 99.6 cm³/mol. The smallest absolute Gasteiger partial charge is 0.302 e. The molecule has 0 unspecified atom stereocenters. The monoisotopic (exact) mass is 354 g/mol. The number of allylic oxidation sites excluding steroid dienone is 1. The molecule has 7 nitrogen and oxygen atoms in total. The number of carbonyl (C=O) groups excluding carboxylic acids is 1. The van der Waals surface area contributed by atoms with E-state index in [1.165, 1.54) is 11.1 Å². The average molecular weight is 354 g/mol. The van der Waals surface area contributed by atoms with Crippen molar-refractivity contribution in [3.8, 4) is 12.1 Å². The lowest BCUT2D eigenvalue weighted by Gasteiger charge is -2.13. The van der Waals surface area contributed by atoms with Crippen LogP contribution < -0.4 is 5.32 Å². The molecule has 0 atom stereocenters. The summed E-state index contributed by atoms with van der Waals surface area (Å²) >= 11 is 0. The lowest BCUT2D eigenvalue weighted by molar-refractivity contribution is 0.227. The van der Waals surface area contributed by atoms with Gasteiger partial charge >= 0.3 is 6.03 Å². The molecule has 2 amide bonds. The molecule has 3 rings (SSSR count). The molecule has 0 spiro atoms. The van der Waals surface area contributed by atoms with Crippen molar-refractivity contribution in [1.29, 1.82) is 15.9 Å². The highest BCUT2D eigenvalue weighted by atomic mass is 16.2. The first-order valence-electron chi connectivity index (χ1n) is 8.02. The zero-order valence-electron chi connectivity index (χ0n) is 14.2. The molecule has 0 saturated carbocycles. The van der Waals surface area contributed by atoms with Crippen LogP contribution in [0.5, 0.6) is 0 Å². The van der Waals surface area contributed by atoms with Crippen LogP contribution >= 0.6 is 0 Å². The summed E-state index contributed by atoms with van der Waals surface area (Å²) in [7, 11) is 0.